The van der Waals surface area contributed by atoms with Crippen molar-refractivity contribution in [1.82, 2.24) is 0 Å². The third-order valence-electron chi connectivity index (χ3n) is 1.08. The standard InChI is InChI=1S/C6H6O.C3H9NO/c7-6-4-2-1-3-5-6;1-5-3-2-4/h1-5,7H;2-4H2,1H3. The average molecular weight is 169 g/mol. The fraction of sp³-hybridized carbons (Fsp3) is 0.333. The first-order valence-corrected chi connectivity index (χ1v) is 3.74. The fourth-order valence-electron chi connectivity index (χ4n) is 0.546. The number of benzene rings is 1. The van der Waals surface area contributed by atoms with Crippen LogP contribution in [0, 0.1) is 0 Å². The molecule has 0 unspecified atom stereocenters. The molecule has 0 saturated heterocycles. The van der Waals surface area contributed by atoms with Crippen LogP contribution in [-0.4, -0.2) is 25.4 Å². The number of phenolic OH excluding ortho intramolecular Hbond substituents is 1. The van der Waals surface area contributed by atoms with Gasteiger partial charge in [0.1, 0.15) is 5.75 Å². The molecule has 0 bridgehead atoms. The highest BCUT2D eigenvalue weighted by atomic mass is 16.5. The maximum atomic E-state index is 8.63. The van der Waals surface area contributed by atoms with Gasteiger partial charge in [-0.25, -0.2) is 0 Å². The van der Waals surface area contributed by atoms with Crippen LogP contribution < -0.4 is 5.73 Å². The van der Waals surface area contributed by atoms with Crippen LogP contribution >= 0.6 is 0 Å². The minimum atomic E-state index is 0.322. The van der Waals surface area contributed by atoms with E-state index in [0.717, 1.165) is 0 Å². The summed E-state index contributed by atoms with van der Waals surface area (Å²) in [6.07, 6.45) is 0. The van der Waals surface area contributed by atoms with Crippen LogP contribution in [0.2, 0.25) is 0 Å². The van der Waals surface area contributed by atoms with Gasteiger partial charge in [0.2, 0.25) is 0 Å². The topological polar surface area (TPSA) is 55.5 Å². The number of aromatic hydroxyl groups is 1. The van der Waals surface area contributed by atoms with E-state index in [1.54, 1.807) is 31.4 Å². The highest BCUT2D eigenvalue weighted by Gasteiger charge is 1.74. The van der Waals surface area contributed by atoms with Gasteiger partial charge in [-0.3, -0.25) is 0 Å². The maximum Gasteiger partial charge on any atom is 0.115 e. The van der Waals surface area contributed by atoms with E-state index in [2.05, 4.69) is 4.74 Å². The first-order chi connectivity index (χ1) is 5.81. The third-order valence-corrected chi connectivity index (χ3v) is 1.08. The van der Waals surface area contributed by atoms with Gasteiger partial charge < -0.3 is 15.6 Å². The minimum Gasteiger partial charge on any atom is -0.508 e. The van der Waals surface area contributed by atoms with Gasteiger partial charge in [0.05, 0.1) is 6.61 Å². The van der Waals surface area contributed by atoms with Crippen molar-refractivity contribution in [3.8, 4) is 5.75 Å². The van der Waals surface area contributed by atoms with E-state index >= 15 is 0 Å². The molecule has 3 N–H and O–H groups in total. The monoisotopic (exact) mass is 169 g/mol. The molecule has 0 aliphatic rings. The van der Waals surface area contributed by atoms with Crippen molar-refractivity contribution in [3.05, 3.63) is 30.3 Å². The Hall–Kier alpha value is -1.06. The molecule has 0 atom stereocenters. The third kappa shape index (κ3) is 7.05. The maximum absolute atomic E-state index is 8.63. The second-order valence-corrected chi connectivity index (χ2v) is 2.12. The number of nitrogens with two attached hydrogens (primary N) is 1. The van der Waals surface area contributed by atoms with Crippen molar-refractivity contribution in [2.75, 3.05) is 20.3 Å². The zero-order valence-electron chi connectivity index (χ0n) is 7.23. The van der Waals surface area contributed by atoms with E-state index in [1.165, 1.54) is 0 Å². The van der Waals surface area contributed by atoms with E-state index in [1.807, 2.05) is 6.07 Å². The van der Waals surface area contributed by atoms with Gasteiger partial charge in [0.25, 0.3) is 0 Å². The molecule has 0 spiro atoms. The minimum absolute atomic E-state index is 0.322. The molecular weight excluding hydrogens is 154 g/mol. The molecule has 0 aliphatic carbocycles. The molecule has 1 aromatic carbocycles. The molecule has 0 amide bonds. The predicted octanol–water partition coefficient (Wildman–Crippen LogP) is 0.984. The zero-order valence-corrected chi connectivity index (χ0v) is 7.23. The van der Waals surface area contributed by atoms with Gasteiger partial charge >= 0.3 is 0 Å². The zero-order chi connectivity index (χ0) is 9.23. The van der Waals surface area contributed by atoms with Gasteiger partial charge in [-0.1, -0.05) is 18.2 Å². The van der Waals surface area contributed by atoms with E-state index in [-0.39, 0.29) is 0 Å². The van der Waals surface area contributed by atoms with Crippen LogP contribution in [0.15, 0.2) is 30.3 Å². The number of methoxy groups -OCH3 is 1. The van der Waals surface area contributed by atoms with Crippen LogP contribution in [0.1, 0.15) is 0 Å². The molecule has 0 fully saturated rings. The Morgan fingerprint density at radius 2 is 1.92 bits per heavy atom. The number of phenols is 1. The molecule has 3 heteroatoms. The molecule has 1 rings (SSSR count). The van der Waals surface area contributed by atoms with Gasteiger partial charge in [-0.05, 0) is 12.1 Å². The number of hydrogen-bond acceptors (Lipinski definition) is 3. The molecule has 0 aromatic heterocycles. The van der Waals surface area contributed by atoms with E-state index in [9.17, 15) is 0 Å². The second-order valence-electron chi connectivity index (χ2n) is 2.12. The normalized spacial score (nSPS) is 8.50. The average Bonchev–Trinajstić information content (AvgIpc) is 2.08. The summed E-state index contributed by atoms with van der Waals surface area (Å²) in [6, 6.07) is 8.71. The lowest BCUT2D eigenvalue weighted by Crippen LogP contribution is -2.05. The van der Waals surface area contributed by atoms with Crippen LogP contribution in [0.4, 0.5) is 0 Å². The highest BCUT2D eigenvalue weighted by Crippen LogP contribution is 2.02. The van der Waals surface area contributed by atoms with Crippen molar-refractivity contribution in [1.29, 1.82) is 0 Å². The first kappa shape index (κ1) is 10.9. The summed E-state index contributed by atoms with van der Waals surface area (Å²) in [4.78, 5) is 0. The molecule has 0 heterocycles. The largest absolute Gasteiger partial charge is 0.508 e. The lowest BCUT2D eigenvalue weighted by molar-refractivity contribution is 0.207. The Morgan fingerprint density at radius 3 is 2.08 bits per heavy atom. The van der Waals surface area contributed by atoms with Gasteiger partial charge in [-0.2, -0.15) is 0 Å². The van der Waals surface area contributed by atoms with Crippen molar-refractivity contribution >= 4 is 0 Å². The summed E-state index contributed by atoms with van der Waals surface area (Å²) in [5.41, 5.74) is 5.01. The Balaban J connectivity index is 0.000000217. The summed E-state index contributed by atoms with van der Waals surface area (Å²) >= 11 is 0. The summed E-state index contributed by atoms with van der Waals surface area (Å²) in [5, 5.41) is 8.63. The smallest absolute Gasteiger partial charge is 0.115 e. The number of hydrogen-bond donors (Lipinski definition) is 2. The van der Waals surface area contributed by atoms with Crippen molar-refractivity contribution in [3.63, 3.8) is 0 Å². The molecule has 12 heavy (non-hydrogen) atoms. The van der Waals surface area contributed by atoms with Crippen molar-refractivity contribution < 1.29 is 9.84 Å². The highest BCUT2D eigenvalue weighted by molar-refractivity contribution is 5.18. The fourth-order valence-corrected chi connectivity index (χ4v) is 0.546. The lowest BCUT2D eigenvalue weighted by Gasteiger charge is -1.85. The Labute approximate surface area is 72.8 Å². The van der Waals surface area contributed by atoms with Crippen molar-refractivity contribution in [2.24, 2.45) is 5.73 Å². The van der Waals surface area contributed by atoms with Crippen LogP contribution in [0.25, 0.3) is 0 Å². The summed E-state index contributed by atoms with van der Waals surface area (Å²) < 4.78 is 4.57. The van der Waals surface area contributed by atoms with E-state index < -0.39 is 0 Å². The molecule has 3 nitrogen and oxygen atoms in total. The Morgan fingerprint density at radius 1 is 1.33 bits per heavy atom. The summed E-state index contributed by atoms with van der Waals surface area (Å²) in [5.74, 6) is 0.322. The SMILES string of the molecule is COCCN.Oc1ccccc1. The van der Waals surface area contributed by atoms with Crippen molar-refractivity contribution in [2.45, 2.75) is 0 Å². The Kier molecular flexibility index (Phi) is 7.33. The Bertz CT molecular complexity index is 175. The summed E-state index contributed by atoms with van der Waals surface area (Å²) in [6.45, 7) is 1.29. The molecule has 68 valence electrons. The number of rotatable bonds is 2. The van der Waals surface area contributed by atoms with Gasteiger partial charge in [0, 0.05) is 13.7 Å². The molecule has 1 aromatic rings. The van der Waals surface area contributed by atoms with Crippen LogP contribution in [-0.2, 0) is 4.74 Å². The molecule has 0 saturated carbocycles. The first-order valence-electron chi connectivity index (χ1n) is 3.74. The quantitative estimate of drug-likeness (QED) is 0.694. The molecule has 0 aliphatic heterocycles. The van der Waals surface area contributed by atoms with E-state index in [0.29, 0.717) is 18.9 Å². The van der Waals surface area contributed by atoms with Gasteiger partial charge in [0.15, 0.2) is 0 Å². The van der Waals surface area contributed by atoms with Gasteiger partial charge in [-0.15, -0.1) is 0 Å². The molecular formula is C9H15NO2. The van der Waals surface area contributed by atoms with Crippen LogP contribution in [0.5, 0.6) is 5.75 Å². The lowest BCUT2D eigenvalue weighted by atomic mass is 10.3. The predicted molar refractivity (Wildman–Crippen MR) is 49.0 cm³/mol. The molecule has 0 radical (unpaired) electrons. The number of para-hydroxylation sites is 1. The van der Waals surface area contributed by atoms with Crippen LogP contribution in [0.3, 0.4) is 0 Å². The van der Waals surface area contributed by atoms with E-state index in [4.69, 9.17) is 10.8 Å². The number of ether oxygens (including phenoxy) is 1. The second kappa shape index (κ2) is 8.04. The summed E-state index contributed by atoms with van der Waals surface area (Å²) in [7, 11) is 1.63.